The molecule has 0 aromatic carbocycles. The van der Waals surface area contributed by atoms with Gasteiger partial charge in [-0.15, -0.1) is 0 Å². The lowest BCUT2D eigenvalue weighted by atomic mass is 10.3. The molecule has 7 nitrogen and oxygen atoms in total. The van der Waals surface area contributed by atoms with Gasteiger partial charge in [0.05, 0.1) is 32.4 Å². The number of amides is 1. The van der Waals surface area contributed by atoms with E-state index in [2.05, 4.69) is 15.4 Å². The van der Waals surface area contributed by atoms with Crippen molar-refractivity contribution < 1.29 is 23.5 Å². The first-order valence-corrected chi connectivity index (χ1v) is 5.79. The third-order valence-corrected chi connectivity index (χ3v) is 2.29. The van der Waals surface area contributed by atoms with Crippen molar-refractivity contribution in [3.8, 4) is 0 Å². The van der Waals surface area contributed by atoms with Gasteiger partial charge in [-0.25, -0.2) is 4.79 Å². The van der Waals surface area contributed by atoms with Gasteiger partial charge in [0, 0.05) is 13.7 Å². The molecule has 0 fully saturated rings. The predicted molar refractivity (Wildman–Crippen MR) is 66.6 cm³/mol. The number of carbonyl (C=O) groups excluding carboxylic acids is 2. The van der Waals surface area contributed by atoms with E-state index in [0.717, 1.165) is 0 Å². The van der Waals surface area contributed by atoms with Crippen LogP contribution in [0, 0.1) is 0 Å². The Hall–Kier alpha value is -1.86. The van der Waals surface area contributed by atoms with Crippen LogP contribution in [0.25, 0.3) is 0 Å². The summed E-state index contributed by atoms with van der Waals surface area (Å²) in [4.78, 5) is 22.5. The highest BCUT2D eigenvalue weighted by atomic mass is 16.5. The number of furan rings is 1. The van der Waals surface area contributed by atoms with Gasteiger partial charge in [-0.3, -0.25) is 4.79 Å². The molecule has 106 valence electrons. The molecule has 0 unspecified atom stereocenters. The quantitative estimate of drug-likeness (QED) is 0.507. The van der Waals surface area contributed by atoms with Gasteiger partial charge in [0.1, 0.15) is 12.0 Å². The summed E-state index contributed by atoms with van der Waals surface area (Å²) in [7, 11) is 2.87. The topological polar surface area (TPSA) is 89.8 Å². The number of rotatable bonds is 8. The number of hydrogen-bond acceptors (Lipinski definition) is 6. The molecule has 19 heavy (non-hydrogen) atoms. The Balaban J connectivity index is 2.23. The Morgan fingerprint density at radius 2 is 2.16 bits per heavy atom. The van der Waals surface area contributed by atoms with E-state index < -0.39 is 5.97 Å². The molecule has 1 amide bonds. The van der Waals surface area contributed by atoms with Gasteiger partial charge in [-0.2, -0.15) is 0 Å². The normalized spacial score (nSPS) is 10.2. The summed E-state index contributed by atoms with van der Waals surface area (Å²) in [5.41, 5.74) is 0.351. The van der Waals surface area contributed by atoms with Gasteiger partial charge < -0.3 is 24.5 Å². The van der Waals surface area contributed by atoms with Crippen molar-refractivity contribution in [2.24, 2.45) is 0 Å². The third kappa shape index (κ3) is 5.54. The van der Waals surface area contributed by atoms with Crippen LogP contribution in [0.4, 0.5) is 0 Å². The van der Waals surface area contributed by atoms with E-state index in [0.29, 0.717) is 31.0 Å². The molecule has 2 N–H and O–H groups in total. The zero-order valence-electron chi connectivity index (χ0n) is 11.0. The average molecular weight is 270 g/mol. The van der Waals surface area contributed by atoms with Crippen LogP contribution in [0.1, 0.15) is 16.1 Å². The van der Waals surface area contributed by atoms with Crippen LogP contribution in [0.3, 0.4) is 0 Å². The zero-order chi connectivity index (χ0) is 14.1. The molecule has 0 aliphatic carbocycles. The fraction of sp³-hybridized carbons (Fsp3) is 0.500. The molecule has 0 saturated carbocycles. The Labute approximate surface area is 111 Å². The van der Waals surface area contributed by atoms with Crippen molar-refractivity contribution >= 4 is 11.9 Å². The van der Waals surface area contributed by atoms with Crippen molar-refractivity contribution in [1.29, 1.82) is 0 Å². The summed E-state index contributed by atoms with van der Waals surface area (Å²) < 4.78 is 14.5. The fourth-order valence-corrected chi connectivity index (χ4v) is 1.35. The number of esters is 1. The SMILES string of the molecule is COCCNC(=O)CNCc1cc(C(=O)OC)co1. The van der Waals surface area contributed by atoms with E-state index >= 15 is 0 Å². The zero-order valence-corrected chi connectivity index (χ0v) is 11.0. The van der Waals surface area contributed by atoms with Crippen molar-refractivity contribution in [3.63, 3.8) is 0 Å². The molecule has 0 aliphatic heterocycles. The number of carbonyl (C=O) groups is 2. The molecule has 0 radical (unpaired) electrons. The van der Waals surface area contributed by atoms with Crippen LogP contribution >= 0.6 is 0 Å². The first-order chi connectivity index (χ1) is 9.17. The second-order valence-corrected chi connectivity index (χ2v) is 3.74. The van der Waals surface area contributed by atoms with Crippen LogP contribution in [0.2, 0.25) is 0 Å². The van der Waals surface area contributed by atoms with Gasteiger partial charge in [-0.05, 0) is 6.07 Å². The Bertz CT molecular complexity index is 416. The smallest absolute Gasteiger partial charge is 0.341 e. The molecule has 1 heterocycles. The van der Waals surface area contributed by atoms with Crippen molar-refractivity contribution in [2.75, 3.05) is 33.9 Å². The number of ether oxygens (including phenoxy) is 2. The molecule has 0 saturated heterocycles. The van der Waals surface area contributed by atoms with E-state index in [9.17, 15) is 9.59 Å². The summed E-state index contributed by atoms with van der Waals surface area (Å²) in [5, 5.41) is 5.57. The Morgan fingerprint density at radius 3 is 2.84 bits per heavy atom. The Kier molecular flexibility index (Phi) is 6.62. The van der Waals surface area contributed by atoms with Gasteiger partial charge >= 0.3 is 5.97 Å². The predicted octanol–water partition coefficient (Wildman–Crippen LogP) is -0.0816. The lowest BCUT2D eigenvalue weighted by molar-refractivity contribution is -0.120. The lowest BCUT2D eigenvalue weighted by Crippen LogP contribution is -2.35. The molecule has 0 aliphatic rings. The maximum atomic E-state index is 11.3. The Morgan fingerprint density at radius 1 is 1.37 bits per heavy atom. The monoisotopic (exact) mass is 270 g/mol. The fourth-order valence-electron chi connectivity index (χ4n) is 1.35. The molecule has 0 atom stereocenters. The van der Waals surface area contributed by atoms with Crippen molar-refractivity contribution in [2.45, 2.75) is 6.54 Å². The van der Waals surface area contributed by atoms with Crippen molar-refractivity contribution in [1.82, 2.24) is 10.6 Å². The van der Waals surface area contributed by atoms with E-state index in [-0.39, 0.29) is 12.5 Å². The minimum absolute atomic E-state index is 0.128. The second-order valence-electron chi connectivity index (χ2n) is 3.74. The van der Waals surface area contributed by atoms with Gasteiger partial charge in [0.2, 0.25) is 5.91 Å². The van der Waals surface area contributed by atoms with Crippen LogP contribution in [0.15, 0.2) is 16.7 Å². The second kappa shape index (κ2) is 8.28. The molecule has 7 heteroatoms. The highest BCUT2D eigenvalue weighted by Crippen LogP contribution is 2.08. The van der Waals surface area contributed by atoms with Crippen LogP contribution < -0.4 is 10.6 Å². The molecule has 0 bridgehead atoms. The van der Waals surface area contributed by atoms with E-state index in [1.807, 2.05) is 0 Å². The standard InChI is InChI=1S/C12H18N2O5/c1-17-4-3-14-11(15)7-13-6-10-5-9(8-19-10)12(16)18-2/h5,8,13H,3-4,6-7H2,1-2H3,(H,14,15). The van der Waals surface area contributed by atoms with Gasteiger partial charge in [-0.1, -0.05) is 0 Å². The number of hydrogen-bond donors (Lipinski definition) is 2. The molecular formula is C12H18N2O5. The van der Waals surface area contributed by atoms with Crippen LogP contribution in [0.5, 0.6) is 0 Å². The largest absolute Gasteiger partial charge is 0.467 e. The highest BCUT2D eigenvalue weighted by Gasteiger charge is 2.10. The summed E-state index contributed by atoms with van der Waals surface area (Å²) in [5.74, 6) is -0.0193. The first kappa shape index (κ1) is 15.2. The number of nitrogens with one attached hydrogen (secondary N) is 2. The third-order valence-electron chi connectivity index (χ3n) is 2.29. The van der Waals surface area contributed by atoms with Crippen LogP contribution in [-0.4, -0.2) is 45.8 Å². The first-order valence-electron chi connectivity index (χ1n) is 5.79. The van der Waals surface area contributed by atoms with E-state index in [4.69, 9.17) is 9.15 Å². The van der Waals surface area contributed by atoms with Crippen molar-refractivity contribution in [3.05, 3.63) is 23.7 Å². The van der Waals surface area contributed by atoms with E-state index in [1.54, 1.807) is 13.2 Å². The molecule has 1 aromatic rings. The maximum absolute atomic E-state index is 11.3. The summed E-state index contributed by atoms with van der Waals surface area (Å²) >= 11 is 0. The minimum atomic E-state index is -0.452. The average Bonchev–Trinajstić information content (AvgIpc) is 2.87. The maximum Gasteiger partial charge on any atom is 0.341 e. The highest BCUT2D eigenvalue weighted by molar-refractivity contribution is 5.88. The van der Waals surface area contributed by atoms with Crippen LogP contribution in [-0.2, 0) is 20.8 Å². The van der Waals surface area contributed by atoms with Gasteiger partial charge in [0.25, 0.3) is 0 Å². The van der Waals surface area contributed by atoms with E-state index in [1.165, 1.54) is 13.4 Å². The molecule has 1 aromatic heterocycles. The summed E-state index contributed by atoms with van der Waals surface area (Å²) in [6, 6.07) is 1.57. The minimum Gasteiger partial charge on any atom is -0.467 e. The summed E-state index contributed by atoms with van der Waals surface area (Å²) in [6.45, 7) is 1.48. The summed E-state index contributed by atoms with van der Waals surface area (Å²) in [6.07, 6.45) is 1.32. The molecular weight excluding hydrogens is 252 g/mol. The molecule has 1 rings (SSSR count). The lowest BCUT2D eigenvalue weighted by Gasteiger charge is -2.04. The number of methoxy groups -OCH3 is 2. The molecule has 0 spiro atoms. The van der Waals surface area contributed by atoms with Gasteiger partial charge in [0.15, 0.2) is 0 Å².